The second-order valence-corrected chi connectivity index (χ2v) is 10.2. The van der Waals surface area contributed by atoms with Crippen molar-refractivity contribution in [3.8, 4) is 0 Å². The van der Waals surface area contributed by atoms with Crippen molar-refractivity contribution in [1.29, 1.82) is 0 Å². The fourth-order valence-corrected chi connectivity index (χ4v) is 5.36. The fourth-order valence-electron chi connectivity index (χ4n) is 5.36. The molecule has 198 valence electrons. The number of benzene rings is 3. The number of amides is 1. The van der Waals surface area contributed by atoms with E-state index in [9.17, 15) is 9.90 Å². The van der Waals surface area contributed by atoms with Crippen LogP contribution in [0.15, 0.2) is 103 Å². The number of nitrogens with zero attached hydrogens (tertiary/aromatic N) is 1. The van der Waals surface area contributed by atoms with Crippen LogP contribution in [0.3, 0.4) is 0 Å². The Morgan fingerprint density at radius 3 is 2.08 bits per heavy atom. The van der Waals surface area contributed by atoms with Gasteiger partial charge in [0.2, 0.25) is 0 Å². The quantitative estimate of drug-likeness (QED) is 0.359. The van der Waals surface area contributed by atoms with Crippen LogP contribution in [-0.2, 0) is 6.42 Å². The first-order valence-electron chi connectivity index (χ1n) is 13.9. The number of nitrogens with one attached hydrogen (secondary N) is 1. The van der Waals surface area contributed by atoms with E-state index >= 15 is 0 Å². The van der Waals surface area contributed by atoms with Gasteiger partial charge < -0.3 is 10.4 Å². The topological polar surface area (TPSA) is 52.6 Å². The summed E-state index contributed by atoms with van der Waals surface area (Å²) in [5.74, 6) is 0. The van der Waals surface area contributed by atoms with Gasteiger partial charge >= 0.3 is 6.09 Å². The molecule has 2 aliphatic rings. The molecular weight excluding hydrogens is 468 g/mol. The lowest BCUT2D eigenvalue weighted by atomic mass is 9.80. The molecule has 1 amide bonds. The Hall–Kier alpha value is -3.63. The highest BCUT2D eigenvalue weighted by Crippen LogP contribution is 2.34. The first-order chi connectivity index (χ1) is 18.6. The predicted octanol–water partition coefficient (Wildman–Crippen LogP) is 7.69. The third-order valence-electron chi connectivity index (χ3n) is 7.42. The molecular formula is C34H40N2O2. The Morgan fingerprint density at radius 1 is 0.842 bits per heavy atom. The van der Waals surface area contributed by atoms with Gasteiger partial charge in [-0.1, -0.05) is 122 Å². The molecule has 4 nitrogen and oxygen atoms in total. The van der Waals surface area contributed by atoms with Crippen molar-refractivity contribution in [3.63, 3.8) is 0 Å². The second kappa shape index (κ2) is 14.3. The van der Waals surface area contributed by atoms with E-state index in [2.05, 4.69) is 72.1 Å². The number of likely N-dealkylation sites (tertiary alicyclic amines) is 1. The minimum atomic E-state index is -0.830. The Morgan fingerprint density at radius 2 is 1.47 bits per heavy atom. The summed E-state index contributed by atoms with van der Waals surface area (Å²) in [6.45, 7) is 1.77. The first-order valence-corrected chi connectivity index (χ1v) is 13.9. The molecule has 0 spiro atoms. The van der Waals surface area contributed by atoms with Gasteiger partial charge in [0.05, 0.1) is 5.54 Å². The van der Waals surface area contributed by atoms with Crippen LogP contribution in [0, 0.1) is 0 Å². The summed E-state index contributed by atoms with van der Waals surface area (Å²) in [7, 11) is 0. The zero-order chi connectivity index (χ0) is 26.5. The highest BCUT2D eigenvalue weighted by atomic mass is 16.4. The van der Waals surface area contributed by atoms with Crippen LogP contribution < -0.4 is 5.32 Å². The molecule has 3 aromatic rings. The van der Waals surface area contributed by atoms with Gasteiger partial charge in [-0.25, -0.2) is 4.79 Å². The van der Waals surface area contributed by atoms with Crippen LogP contribution in [0.1, 0.15) is 55.2 Å². The largest absolute Gasteiger partial charge is 0.465 e. The van der Waals surface area contributed by atoms with Crippen LogP contribution in [0.4, 0.5) is 4.79 Å². The van der Waals surface area contributed by atoms with Gasteiger partial charge in [-0.3, -0.25) is 4.90 Å². The molecule has 3 aromatic carbocycles. The molecule has 4 heteroatoms. The van der Waals surface area contributed by atoms with Gasteiger partial charge in [-0.2, -0.15) is 0 Å². The van der Waals surface area contributed by atoms with E-state index in [0.717, 1.165) is 24.8 Å². The molecule has 0 saturated carbocycles. The van der Waals surface area contributed by atoms with E-state index in [-0.39, 0.29) is 0 Å². The van der Waals surface area contributed by atoms with Crippen molar-refractivity contribution in [2.75, 3.05) is 13.1 Å². The average molecular weight is 509 g/mol. The molecule has 0 aliphatic carbocycles. The van der Waals surface area contributed by atoms with Crippen LogP contribution in [0.25, 0.3) is 12.2 Å². The number of hydrogen-bond donors (Lipinski definition) is 2. The lowest BCUT2D eigenvalue weighted by molar-refractivity contribution is 0.0738. The van der Waals surface area contributed by atoms with Crippen molar-refractivity contribution in [2.45, 2.75) is 56.5 Å². The van der Waals surface area contributed by atoms with Gasteiger partial charge in [0.15, 0.2) is 0 Å². The minimum Gasteiger partial charge on any atom is -0.465 e. The highest BCUT2D eigenvalue weighted by Gasteiger charge is 2.39. The Balaban J connectivity index is 0.000000204. The Kier molecular flexibility index (Phi) is 10.3. The van der Waals surface area contributed by atoms with E-state index in [1.54, 1.807) is 4.90 Å². The van der Waals surface area contributed by atoms with Crippen molar-refractivity contribution in [2.24, 2.45) is 0 Å². The van der Waals surface area contributed by atoms with Gasteiger partial charge in [0.1, 0.15) is 0 Å². The highest BCUT2D eigenvalue weighted by molar-refractivity contribution is 5.68. The molecule has 2 saturated heterocycles. The maximum atomic E-state index is 11.9. The molecule has 0 radical (unpaired) electrons. The maximum absolute atomic E-state index is 11.9. The monoisotopic (exact) mass is 508 g/mol. The van der Waals surface area contributed by atoms with Crippen LogP contribution in [0.2, 0.25) is 0 Å². The minimum absolute atomic E-state index is 0.471. The summed E-state index contributed by atoms with van der Waals surface area (Å²) in [6.07, 6.45) is 15.3. The van der Waals surface area contributed by atoms with E-state index in [1.807, 2.05) is 48.5 Å². The molecule has 2 fully saturated rings. The number of hydrogen-bond acceptors (Lipinski definition) is 2. The smallest absolute Gasteiger partial charge is 0.408 e. The van der Waals surface area contributed by atoms with Gasteiger partial charge in [-0.15, -0.1) is 0 Å². The summed E-state index contributed by atoms with van der Waals surface area (Å²) in [4.78, 5) is 13.5. The molecule has 2 heterocycles. The van der Waals surface area contributed by atoms with E-state index in [4.69, 9.17) is 0 Å². The third kappa shape index (κ3) is 8.19. The molecule has 2 N–H and O–H groups in total. The van der Waals surface area contributed by atoms with Crippen molar-refractivity contribution in [1.82, 2.24) is 10.2 Å². The fraction of sp³-hybridized carbons (Fsp3) is 0.324. The van der Waals surface area contributed by atoms with E-state index in [0.29, 0.717) is 19.0 Å². The predicted molar refractivity (Wildman–Crippen MR) is 158 cm³/mol. The van der Waals surface area contributed by atoms with Crippen LogP contribution in [-0.4, -0.2) is 40.8 Å². The summed E-state index contributed by atoms with van der Waals surface area (Å²) < 4.78 is 0. The number of carbonyl (C=O) groups is 1. The lowest BCUT2D eigenvalue weighted by Gasteiger charge is -2.44. The van der Waals surface area contributed by atoms with Crippen LogP contribution >= 0.6 is 0 Å². The second-order valence-electron chi connectivity index (χ2n) is 10.2. The van der Waals surface area contributed by atoms with Crippen molar-refractivity contribution >= 4 is 18.2 Å². The maximum Gasteiger partial charge on any atom is 0.408 e. The summed E-state index contributed by atoms with van der Waals surface area (Å²) in [6, 6.07) is 31.3. The average Bonchev–Trinajstić information content (AvgIpc) is 2.98. The first kappa shape index (κ1) is 27.4. The zero-order valence-corrected chi connectivity index (χ0v) is 22.2. The summed E-state index contributed by atoms with van der Waals surface area (Å²) >= 11 is 0. The van der Waals surface area contributed by atoms with E-state index < -0.39 is 11.6 Å². The Labute approximate surface area is 227 Å². The standard InChI is InChI=1S/C21H23NO2.C13H17N/c23-20(24)22-16-8-7-14-21(22,17-19-11-5-2-6-12-19)15-13-18-9-3-1-4-10-18;1-2-6-12(7-3-1)9-10-13-8-4-5-11-14-13/h1-6,9-13,15H,7-8,14,16-17H2,(H,23,24);1-3,6-7,9-10,13-14H,4-5,8,11H2/b15-13+;/t21-;/m1./s1. The lowest BCUT2D eigenvalue weighted by Crippen LogP contribution is -2.54. The molecule has 0 aromatic heterocycles. The molecule has 2 atom stereocenters. The van der Waals surface area contributed by atoms with Crippen LogP contribution in [0.5, 0.6) is 0 Å². The normalized spacial score (nSPS) is 21.7. The third-order valence-corrected chi connectivity index (χ3v) is 7.42. The van der Waals surface area contributed by atoms with Gasteiger partial charge in [0.25, 0.3) is 0 Å². The summed E-state index contributed by atoms with van der Waals surface area (Å²) in [5.41, 5.74) is 3.09. The summed E-state index contributed by atoms with van der Waals surface area (Å²) in [5, 5.41) is 13.2. The molecule has 1 unspecified atom stereocenters. The van der Waals surface area contributed by atoms with Crippen molar-refractivity contribution < 1.29 is 9.90 Å². The molecule has 2 aliphatic heterocycles. The SMILES string of the molecule is C(=CC1CCCCN1)c1ccccc1.O=C(O)N1CCCC[C@@]1(/C=C/c1ccccc1)Cc1ccccc1. The van der Waals surface area contributed by atoms with Gasteiger partial charge in [0, 0.05) is 12.6 Å². The molecule has 5 rings (SSSR count). The Bertz CT molecular complexity index is 1150. The molecule has 0 bridgehead atoms. The molecule has 38 heavy (non-hydrogen) atoms. The van der Waals surface area contributed by atoms with E-state index in [1.165, 1.54) is 36.9 Å². The number of carboxylic acid groups (broad SMARTS) is 1. The number of piperidine rings is 2. The van der Waals surface area contributed by atoms with Crippen molar-refractivity contribution in [3.05, 3.63) is 120 Å². The van der Waals surface area contributed by atoms with Gasteiger partial charge in [-0.05, 0) is 61.8 Å². The number of rotatable bonds is 6. The zero-order valence-electron chi connectivity index (χ0n) is 22.2.